The van der Waals surface area contributed by atoms with Crippen molar-refractivity contribution in [1.29, 1.82) is 0 Å². The van der Waals surface area contributed by atoms with Crippen LogP contribution in [0.1, 0.15) is 23.2 Å². The molecule has 1 aliphatic heterocycles. The fraction of sp³-hybridized carbons (Fsp3) is 0.304. The summed E-state index contributed by atoms with van der Waals surface area (Å²) in [5.41, 5.74) is 2.05. The molecule has 0 radical (unpaired) electrons. The van der Waals surface area contributed by atoms with E-state index in [9.17, 15) is 9.59 Å². The number of ketones is 1. The first kappa shape index (κ1) is 20.4. The molecule has 0 aliphatic carbocycles. The number of carbonyl (C=O) groups is 2. The summed E-state index contributed by atoms with van der Waals surface area (Å²) in [5.74, 6) is 0.207. The third kappa shape index (κ3) is 5.01. The highest BCUT2D eigenvalue weighted by Crippen LogP contribution is 2.23. The van der Waals surface area contributed by atoms with E-state index in [1.165, 1.54) is 0 Å². The van der Waals surface area contributed by atoms with Crippen LogP contribution in [0.25, 0.3) is 11.0 Å². The minimum Gasteiger partial charge on any atom is -0.464 e. The third-order valence-electron chi connectivity index (χ3n) is 5.43. The molecule has 0 spiro atoms. The van der Waals surface area contributed by atoms with Gasteiger partial charge in [0, 0.05) is 40.2 Å². The number of furan rings is 1. The van der Waals surface area contributed by atoms with E-state index in [1.54, 1.807) is 36.6 Å². The molecule has 1 saturated heterocycles. The minimum absolute atomic E-state index is 0.0307. The number of hydrogen-bond acceptors (Lipinski definition) is 5. The van der Waals surface area contributed by atoms with E-state index in [4.69, 9.17) is 20.8 Å². The second-order valence-electron chi connectivity index (χ2n) is 7.42. The Morgan fingerprint density at radius 1 is 1.10 bits per heavy atom. The van der Waals surface area contributed by atoms with Crippen LogP contribution in [0.3, 0.4) is 0 Å². The van der Waals surface area contributed by atoms with Crippen molar-refractivity contribution in [2.75, 3.05) is 31.6 Å². The van der Waals surface area contributed by atoms with Crippen molar-refractivity contribution in [3.63, 3.8) is 0 Å². The number of benzene rings is 2. The van der Waals surface area contributed by atoms with Crippen molar-refractivity contribution in [3.8, 4) is 0 Å². The summed E-state index contributed by atoms with van der Waals surface area (Å²) in [5, 5.41) is 4.32. The van der Waals surface area contributed by atoms with Crippen LogP contribution >= 0.6 is 11.6 Å². The van der Waals surface area contributed by atoms with Gasteiger partial charge in [0.2, 0.25) is 0 Å². The van der Waals surface area contributed by atoms with Gasteiger partial charge in [0.1, 0.15) is 12.2 Å². The standard InChI is InChI=1S/C23H23ClN2O4/c24-19-4-1-17(2-5-19)22(27)18-7-10-26(11-8-18)12-14-30-23(28)25-20-6-3-16-9-13-29-21(16)15-20/h1-6,9,13,15,18H,7-8,10-12,14H2,(H,25,28). The Balaban J connectivity index is 1.18. The van der Waals surface area contributed by atoms with Gasteiger partial charge in [0.25, 0.3) is 0 Å². The monoisotopic (exact) mass is 426 g/mol. The molecule has 0 atom stereocenters. The number of Topliss-reactive ketones (excluding diaryl/α,β-unsaturated/α-hetero) is 1. The summed E-state index contributed by atoms with van der Waals surface area (Å²) < 4.78 is 10.6. The Labute approximate surface area is 179 Å². The summed E-state index contributed by atoms with van der Waals surface area (Å²) in [6.45, 7) is 2.56. The van der Waals surface area contributed by atoms with Crippen LogP contribution in [0.5, 0.6) is 0 Å². The molecule has 2 aromatic carbocycles. The van der Waals surface area contributed by atoms with E-state index in [-0.39, 0.29) is 11.7 Å². The van der Waals surface area contributed by atoms with Crippen molar-refractivity contribution in [1.82, 2.24) is 4.90 Å². The predicted molar refractivity (Wildman–Crippen MR) is 116 cm³/mol. The molecular weight excluding hydrogens is 404 g/mol. The molecule has 7 heteroatoms. The Hall–Kier alpha value is -2.83. The third-order valence-corrected chi connectivity index (χ3v) is 5.68. The van der Waals surface area contributed by atoms with Crippen molar-refractivity contribution < 1.29 is 18.7 Å². The molecule has 3 aromatic rings. The lowest BCUT2D eigenvalue weighted by Gasteiger charge is -2.31. The summed E-state index contributed by atoms with van der Waals surface area (Å²) in [7, 11) is 0. The normalized spacial score (nSPS) is 15.2. The molecule has 30 heavy (non-hydrogen) atoms. The van der Waals surface area contributed by atoms with Crippen molar-refractivity contribution in [3.05, 3.63) is 65.4 Å². The zero-order valence-electron chi connectivity index (χ0n) is 16.5. The molecule has 4 rings (SSSR count). The molecule has 1 N–H and O–H groups in total. The number of piperidine rings is 1. The molecule has 2 heterocycles. The van der Waals surface area contributed by atoms with Crippen LogP contribution in [0, 0.1) is 5.92 Å². The maximum Gasteiger partial charge on any atom is 0.411 e. The lowest BCUT2D eigenvalue weighted by atomic mass is 9.89. The van der Waals surface area contributed by atoms with E-state index in [0.29, 0.717) is 35.0 Å². The van der Waals surface area contributed by atoms with Crippen LogP contribution in [-0.4, -0.2) is 43.0 Å². The Bertz CT molecular complexity index is 1020. The first-order valence-electron chi connectivity index (χ1n) is 10.0. The zero-order chi connectivity index (χ0) is 20.9. The van der Waals surface area contributed by atoms with Crippen LogP contribution in [-0.2, 0) is 4.74 Å². The zero-order valence-corrected chi connectivity index (χ0v) is 17.2. The summed E-state index contributed by atoms with van der Waals surface area (Å²) in [4.78, 5) is 26.8. The average molecular weight is 427 g/mol. The second-order valence-corrected chi connectivity index (χ2v) is 7.86. The molecule has 1 amide bonds. The number of carbonyl (C=O) groups excluding carboxylic acids is 2. The molecule has 1 fully saturated rings. The number of rotatable bonds is 6. The number of amides is 1. The average Bonchev–Trinajstić information content (AvgIpc) is 3.22. The van der Waals surface area contributed by atoms with Crippen LogP contribution in [0.4, 0.5) is 10.5 Å². The van der Waals surface area contributed by atoms with Crippen LogP contribution in [0.2, 0.25) is 5.02 Å². The van der Waals surface area contributed by atoms with Crippen molar-refractivity contribution in [2.45, 2.75) is 12.8 Å². The van der Waals surface area contributed by atoms with Gasteiger partial charge >= 0.3 is 6.09 Å². The molecule has 1 aromatic heterocycles. The van der Waals surface area contributed by atoms with Gasteiger partial charge in [0.15, 0.2) is 5.78 Å². The molecule has 156 valence electrons. The number of halogens is 1. The molecule has 0 bridgehead atoms. The first-order valence-corrected chi connectivity index (χ1v) is 10.4. The fourth-order valence-corrected chi connectivity index (χ4v) is 3.85. The maximum absolute atomic E-state index is 12.6. The quantitative estimate of drug-likeness (QED) is 0.546. The SMILES string of the molecule is O=C(Nc1ccc2ccoc2c1)OCCN1CCC(C(=O)c2ccc(Cl)cc2)CC1. The Morgan fingerprint density at radius 3 is 2.63 bits per heavy atom. The summed E-state index contributed by atoms with van der Waals surface area (Å²) >= 11 is 5.89. The molecule has 0 saturated carbocycles. The maximum atomic E-state index is 12.6. The smallest absolute Gasteiger partial charge is 0.411 e. The van der Waals surface area contributed by atoms with Gasteiger partial charge in [-0.25, -0.2) is 4.79 Å². The van der Waals surface area contributed by atoms with Gasteiger partial charge < -0.3 is 9.15 Å². The highest BCUT2D eigenvalue weighted by molar-refractivity contribution is 6.30. The number of likely N-dealkylation sites (tertiary alicyclic amines) is 1. The number of anilines is 1. The second kappa shape index (κ2) is 9.32. The van der Waals surface area contributed by atoms with E-state index in [2.05, 4.69) is 10.2 Å². The van der Waals surface area contributed by atoms with E-state index >= 15 is 0 Å². The summed E-state index contributed by atoms with van der Waals surface area (Å²) in [6.07, 6.45) is 2.72. The highest BCUT2D eigenvalue weighted by Gasteiger charge is 2.25. The lowest BCUT2D eigenvalue weighted by molar-refractivity contribution is 0.0813. The van der Waals surface area contributed by atoms with E-state index in [0.717, 1.165) is 31.3 Å². The van der Waals surface area contributed by atoms with Gasteiger partial charge in [-0.3, -0.25) is 15.0 Å². The number of ether oxygens (including phenoxy) is 1. The Morgan fingerprint density at radius 2 is 1.87 bits per heavy atom. The van der Waals surface area contributed by atoms with Crippen molar-refractivity contribution >= 4 is 40.1 Å². The number of nitrogens with zero attached hydrogens (tertiary/aromatic N) is 1. The predicted octanol–water partition coefficient (Wildman–Crippen LogP) is 5.23. The van der Waals surface area contributed by atoms with Crippen LogP contribution < -0.4 is 5.32 Å². The lowest BCUT2D eigenvalue weighted by Crippen LogP contribution is -2.38. The topological polar surface area (TPSA) is 71.8 Å². The first-order chi connectivity index (χ1) is 14.6. The van der Waals surface area contributed by atoms with Crippen molar-refractivity contribution in [2.24, 2.45) is 5.92 Å². The van der Waals surface area contributed by atoms with Crippen LogP contribution in [0.15, 0.2) is 59.2 Å². The van der Waals surface area contributed by atoms with E-state index < -0.39 is 6.09 Å². The molecule has 1 aliphatic rings. The van der Waals surface area contributed by atoms with Gasteiger partial charge in [-0.1, -0.05) is 11.6 Å². The van der Waals surface area contributed by atoms with Gasteiger partial charge in [-0.05, 0) is 68.4 Å². The summed E-state index contributed by atoms with van der Waals surface area (Å²) in [6, 6.07) is 14.4. The van der Waals surface area contributed by atoms with E-state index in [1.807, 2.05) is 18.2 Å². The fourth-order valence-electron chi connectivity index (χ4n) is 3.72. The number of fused-ring (bicyclic) bond motifs is 1. The van der Waals surface area contributed by atoms with Gasteiger partial charge in [0.05, 0.1) is 6.26 Å². The van der Waals surface area contributed by atoms with Gasteiger partial charge in [-0.15, -0.1) is 0 Å². The molecule has 6 nitrogen and oxygen atoms in total. The largest absolute Gasteiger partial charge is 0.464 e. The van der Waals surface area contributed by atoms with Gasteiger partial charge in [-0.2, -0.15) is 0 Å². The molecular formula is C23H23ClN2O4. The highest BCUT2D eigenvalue weighted by atomic mass is 35.5. The minimum atomic E-state index is -0.492. The number of nitrogens with one attached hydrogen (secondary N) is 1. The number of hydrogen-bond donors (Lipinski definition) is 1. The Kier molecular flexibility index (Phi) is 6.35. The molecule has 0 unspecified atom stereocenters.